The number of nitrogens with zero attached hydrogens (tertiary/aromatic N) is 1. The van der Waals surface area contributed by atoms with Gasteiger partial charge >= 0.3 is 0 Å². The maximum atomic E-state index is 8.70. The third-order valence-electron chi connectivity index (χ3n) is 1.12. The first-order valence-electron chi connectivity index (χ1n) is 2.70. The van der Waals surface area contributed by atoms with Crippen LogP contribution >= 0.6 is 61.1 Å². The van der Waals surface area contributed by atoms with E-state index in [0.717, 1.165) is 11.6 Å². The summed E-state index contributed by atoms with van der Waals surface area (Å²) in [7, 11) is 0. The van der Waals surface area contributed by atoms with E-state index in [1.165, 1.54) is 0 Å². The van der Waals surface area contributed by atoms with Gasteiger partial charge in [0, 0.05) is 11.6 Å². The molecule has 0 N–H and O–H groups in total. The van der Waals surface area contributed by atoms with E-state index >= 15 is 0 Å². The molecule has 0 aliphatic carbocycles. The topological polar surface area (TPSA) is 23.8 Å². The second-order valence-corrected chi connectivity index (χ2v) is 5.12. The van der Waals surface area contributed by atoms with Gasteiger partial charge in [-0.25, -0.2) is 0 Å². The molecule has 0 aliphatic heterocycles. The van der Waals surface area contributed by atoms with Gasteiger partial charge in [-0.05, 0) is 73.2 Å². The lowest BCUT2D eigenvalue weighted by Gasteiger charge is -1.98. The third kappa shape index (κ3) is 2.29. The normalized spacial score (nSPS) is 9.27. The highest BCUT2D eigenvalue weighted by atomic mass is 127. The second kappa shape index (κ2) is 4.05. The molecule has 56 valence electrons. The molecule has 0 bridgehead atoms. The molecule has 0 aromatic heterocycles. The zero-order chi connectivity index (χ0) is 8.43. The van der Waals surface area contributed by atoms with Crippen molar-refractivity contribution in [3.63, 3.8) is 0 Å². The molecule has 0 fully saturated rings. The van der Waals surface area contributed by atoms with Crippen LogP contribution in [0.15, 0.2) is 16.6 Å². The highest BCUT2D eigenvalue weighted by molar-refractivity contribution is 14.1. The van der Waals surface area contributed by atoms with Gasteiger partial charge in [-0.1, -0.05) is 0 Å². The van der Waals surface area contributed by atoms with Crippen LogP contribution in [0, 0.1) is 18.5 Å². The summed E-state index contributed by atoms with van der Waals surface area (Å²) in [6, 6.07) is 6.04. The van der Waals surface area contributed by atoms with Crippen molar-refractivity contribution in [2.24, 2.45) is 0 Å². The van der Waals surface area contributed by atoms with Crippen molar-refractivity contribution in [3.8, 4) is 6.07 Å². The number of hydrogen-bond acceptors (Lipinski definition) is 1. The molecule has 0 saturated heterocycles. The van der Waals surface area contributed by atoms with E-state index in [0.29, 0.717) is 5.56 Å². The lowest BCUT2D eigenvalue weighted by atomic mass is 10.2. The third-order valence-corrected chi connectivity index (χ3v) is 3.22. The Hall–Kier alpha value is 0.650. The molecule has 1 aromatic carbocycles. The van der Waals surface area contributed by atoms with E-state index in [-0.39, 0.29) is 0 Å². The van der Waals surface area contributed by atoms with Crippen LogP contribution in [-0.2, 0) is 0 Å². The number of rotatable bonds is 0. The van der Waals surface area contributed by atoms with E-state index < -0.39 is 0 Å². The molecule has 4 heteroatoms. The van der Waals surface area contributed by atoms with Crippen LogP contribution in [0.4, 0.5) is 0 Å². The summed E-state index contributed by atoms with van der Waals surface area (Å²) in [4.78, 5) is 0. The minimum atomic E-state index is 0.714. The Balaban J connectivity index is 3.40. The van der Waals surface area contributed by atoms with Gasteiger partial charge in [0.1, 0.15) is 6.07 Å². The molecular weight excluding hydrogens is 432 g/mol. The molecule has 1 rings (SSSR count). The van der Waals surface area contributed by atoms with Crippen LogP contribution in [0.25, 0.3) is 0 Å². The van der Waals surface area contributed by atoms with Crippen LogP contribution < -0.4 is 0 Å². The average molecular weight is 434 g/mol. The van der Waals surface area contributed by atoms with Gasteiger partial charge in [-0.2, -0.15) is 5.26 Å². The first-order chi connectivity index (χ1) is 5.15. The first kappa shape index (κ1) is 9.74. The standard InChI is InChI=1S/C7H2BrI2N/c8-6-1-4(9)2-7(10)5(6)3-11/h1-2H. The molecular formula is C7H2BrI2N. The smallest absolute Gasteiger partial charge is 0.101 e. The highest BCUT2D eigenvalue weighted by Crippen LogP contribution is 2.24. The zero-order valence-electron chi connectivity index (χ0n) is 5.24. The van der Waals surface area contributed by atoms with Gasteiger partial charge in [-0.15, -0.1) is 0 Å². The SMILES string of the molecule is N#Cc1c(Br)cc(I)cc1I. The summed E-state index contributed by atoms with van der Waals surface area (Å²) in [5, 5.41) is 8.70. The minimum Gasteiger partial charge on any atom is -0.192 e. The second-order valence-electron chi connectivity index (χ2n) is 1.86. The fraction of sp³-hybridized carbons (Fsp3) is 0. The van der Waals surface area contributed by atoms with E-state index in [1.807, 2.05) is 12.1 Å². The van der Waals surface area contributed by atoms with Gasteiger partial charge in [0.05, 0.1) is 5.56 Å². The van der Waals surface area contributed by atoms with E-state index in [1.54, 1.807) is 0 Å². The Morgan fingerprint density at radius 3 is 2.45 bits per heavy atom. The highest BCUT2D eigenvalue weighted by Gasteiger charge is 2.04. The van der Waals surface area contributed by atoms with Crippen LogP contribution in [0.1, 0.15) is 5.56 Å². The maximum absolute atomic E-state index is 8.70. The molecule has 0 spiro atoms. The van der Waals surface area contributed by atoms with Crippen molar-refractivity contribution in [2.75, 3.05) is 0 Å². The van der Waals surface area contributed by atoms with Gasteiger partial charge < -0.3 is 0 Å². The van der Waals surface area contributed by atoms with Gasteiger partial charge in [0.25, 0.3) is 0 Å². The number of nitriles is 1. The van der Waals surface area contributed by atoms with Crippen LogP contribution in [-0.4, -0.2) is 0 Å². The summed E-state index contributed by atoms with van der Waals surface area (Å²) in [5.41, 5.74) is 0.714. The van der Waals surface area contributed by atoms with Crippen LogP contribution in [0.2, 0.25) is 0 Å². The molecule has 1 aromatic rings. The molecule has 0 aliphatic rings. The number of benzene rings is 1. The quantitative estimate of drug-likeness (QED) is 0.574. The molecule has 0 saturated carbocycles. The predicted octanol–water partition coefficient (Wildman–Crippen LogP) is 3.53. The van der Waals surface area contributed by atoms with Crippen molar-refractivity contribution < 1.29 is 0 Å². The molecule has 0 heterocycles. The van der Waals surface area contributed by atoms with Crippen molar-refractivity contribution in [1.29, 1.82) is 5.26 Å². The molecule has 11 heavy (non-hydrogen) atoms. The van der Waals surface area contributed by atoms with Gasteiger partial charge in [0.2, 0.25) is 0 Å². The van der Waals surface area contributed by atoms with Crippen LogP contribution in [0.3, 0.4) is 0 Å². The molecule has 0 amide bonds. The minimum absolute atomic E-state index is 0.714. The summed E-state index contributed by atoms with van der Waals surface area (Å²) in [6.07, 6.45) is 0. The predicted molar refractivity (Wildman–Crippen MR) is 64.3 cm³/mol. The molecule has 0 radical (unpaired) electrons. The van der Waals surface area contributed by atoms with E-state index in [4.69, 9.17) is 5.26 Å². The Bertz CT molecular complexity index is 307. The van der Waals surface area contributed by atoms with Gasteiger partial charge in [-0.3, -0.25) is 0 Å². The number of halogens is 3. The van der Waals surface area contributed by atoms with Crippen molar-refractivity contribution in [3.05, 3.63) is 29.3 Å². The number of hydrogen-bond donors (Lipinski definition) is 0. The summed E-state index contributed by atoms with van der Waals surface area (Å²) in [6.45, 7) is 0. The van der Waals surface area contributed by atoms with Gasteiger partial charge in [0.15, 0.2) is 0 Å². The molecule has 0 unspecified atom stereocenters. The van der Waals surface area contributed by atoms with E-state index in [2.05, 4.69) is 67.2 Å². The maximum Gasteiger partial charge on any atom is 0.101 e. The summed E-state index contributed by atoms with van der Waals surface area (Å²) in [5.74, 6) is 0. The Morgan fingerprint density at radius 2 is 2.00 bits per heavy atom. The lowest BCUT2D eigenvalue weighted by Crippen LogP contribution is -1.84. The van der Waals surface area contributed by atoms with Crippen molar-refractivity contribution >= 4 is 61.1 Å². The van der Waals surface area contributed by atoms with Crippen LogP contribution in [0.5, 0.6) is 0 Å². The monoisotopic (exact) mass is 433 g/mol. The fourth-order valence-electron chi connectivity index (χ4n) is 0.649. The average Bonchev–Trinajstić information content (AvgIpc) is 1.85. The Morgan fingerprint density at radius 1 is 1.36 bits per heavy atom. The Kier molecular flexibility index (Phi) is 3.58. The van der Waals surface area contributed by atoms with E-state index in [9.17, 15) is 0 Å². The first-order valence-corrected chi connectivity index (χ1v) is 5.65. The summed E-state index contributed by atoms with van der Waals surface area (Å²) < 4.78 is 3.00. The molecule has 1 nitrogen and oxygen atoms in total. The summed E-state index contributed by atoms with van der Waals surface area (Å²) >= 11 is 7.70. The van der Waals surface area contributed by atoms with Crippen molar-refractivity contribution in [2.45, 2.75) is 0 Å². The Labute approximate surface area is 101 Å². The largest absolute Gasteiger partial charge is 0.192 e. The van der Waals surface area contributed by atoms with Crippen molar-refractivity contribution in [1.82, 2.24) is 0 Å². The molecule has 0 atom stereocenters. The fourth-order valence-corrected chi connectivity index (χ4v) is 3.96. The zero-order valence-corrected chi connectivity index (χ0v) is 11.1. The lowest BCUT2D eigenvalue weighted by molar-refractivity contribution is 1.43.